The molecule has 0 bridgehead atoms. The maximum absolute atomic E-state index is 9.42. The van der Waals surface area contributed by atoms with Crippen molar-refractivity contribution >= 4 is 0 Å². The Morgan fingerprint density at radius 1 is 1.25 bits per heavy atom. The Labute approximate surface area is 98.5 Å². The zero-order valence-corrected chi connectivity index (χ0v) is 10.8. The molecular weight excluding hydrogens is 196 g/mol. The topological polar surface area (TPSA) is 20.2 Å². The van der Waals surface area contributed by atoms with E-state index in [0.717, 1.165) is 11.1 Å². The first kappa shape index (κ1) is 12.8. The van der Waals surface area contributed by atoms with Gasteiger partial charge in [-0.05, 0) is 42.0 Å². The van der Waals surface area contributed by atoms with Crippen molar-refractivity contribution in [1.29, 1.82) is 0 Å². The minimum atomic E-state index is 0.0565. The molecule has 16 heavy (non-hydrogen) atoms. The predicted molar refractivity (Wildman–Crippen MR) is 68.4 cm³/mol. The second-order valence-electron chi connectivity index (χ2n) is 5.11. The van der Waals surface area contributed by atoms with Gasteiger partial charge in [-0.15, -0.1) is 5.92 Å². The highest BCUT2D eigenvalue weighted by Crippen LogP contribution is 2.28. The van der Waals surface area contributed by atoms with E-state index < -0.39 is 0 Å². The van der Waals surface area contributed by atoms with Crippen LogP contribution in [0.3, 0.4) is 0 Å². The fourth-order valence-electron chi connectivity index (χ4n) is 1.85. The molecule has 0 amide bonds. The van der Waals surface area contributed by atoms with Crippen LogP contribution in [0.2, 0.25) is 0 Å². The third-order valence-corrected chi connectivity index (χ3v) is 2.69. The molecule has 0 aliphatic carbocycles. The molecule has 1 nitrogen and oxygen atoms in total. The van der Waals surface area contributed by atoms with Crippen molar-refractivity contribution in [2.75, 3.05) is 0 Å². The molecule has 0 radical (unpaired) electrons. The van der Waals surface area contributed by atoms with Crippen molar-refractivity contribution in [3.05, 3.63) is 34.4 Å². The van der Waals surface area contributed by atoms with Gasteiger partial charge in [-0.1, -0.05) is 32.8 Å². The number of aliphatic hydroxyl groups is 1. The van der Waals surface area contributed by atoms with E-state index in [0.29, 0.717) is 0 Å². The largest absolute Gasteiger partial charge is 0.392 e. The van der Waals surface area contributed by atoms with Gasteiger partial charge in [0.1, 0.15) is 0 Å². The average Bonchev–Trinajstić information content (AvgIpc) is 2.19. The van der Waals surface area contributed by atoms with Crippen molar-refractivity contribution < 1.29 is 5.11 Å². The van der Waals surface area contributed by atoms with Crippen LogP contribution in [0.5, 0.6) is 0 Å². The predicted octanol–water partition coefficient (Wildman–Crippen LogP) is 3.16. The van der Waals surface area contributed by atoms with Crippen LogP contribution in [0.25, 0.3) is 0 Å². The van der Waals surface area contributed by atoms with E-state index in [9.17, 15) is 5.11 Å². The van der Waals surface area contributed by atoms with Gasteiger partial charge in [-0.25, -0.2) is 0 Å². The minimum Gasteiger partial charge on any atom is -0.392 e. The zero-order chi connectivity index (χ0) is 12.3. The smallest absolute Gasteiger partial charge is 0.0685 e. The highest BCUT2D eigenvalue weighted by Gasteiger charge is 2.18. The Hall–Kier alpha value is -1.26. The number of benzene rings is 1. The highest BCUT2D eigenvalue weighted by molar-refractivity contribution is 5.48. The van der Waals surface area contributed by atoms with Gasteiger partial charge in [0.05, 0.1) is 6.61 Å². The molecule has 0 fully saturated rings. The molecule has 0 aliphatic heterocycles. The van der Waals surface area contributed by atoms with Crippen LogP contribution >= 0.6 is 0 Å². The molecule has 0 unspecified atom stereocenters. The molecular formula is C15H20O. The first-order valence-electron chi connectivity index (χ1n) is 5.57. The third kappa shape index (κ3) is 2.65. The second-order valence-corrected chi connectivity index (χ2v) is 5.11. The van der Waals surface area contributed by atoms with E-state index in [-0.39, 0.29) is 12.0 Å². The summed E-state index contributed by atoms with van der Waals surface area (Å²) in [4.78, 5) is 0. The quantitative estimate of drug-likeness (QED) is 0.715. The molecule has 86 valence electrons. The summed E-state index contributed by atoms with van der Waals surface area (Å²) in [6.45, 7) is 10.4. The molecule has 0 atom stereocenters. The molecule has 0 saturated carbocycles. The van der Waals surface area contributed by atoms with Gasteiger partial charge in [0.25, 0.3) is 0 Å². The van der Waals surface area contributed by atoms with Gasteiger partial charge in [0.15, 0.2) is 0 Å². The van der Waals surface area contributed by atoms with Gasteiger partial charge < -0.3 is 5.11 Å². The van der Waals surface area contributed by atoms with Crippen LogP contribution in [-0.2, 0) is 12.0 Å². The Morgan fingerprint density at radius 3 is 2.31 bits per heavy atom. The van der Waals surface area contributed by atoms with E-state index in [1.807, 2.05) is 13.0 Å². The van der Waals surface area contributed by atoms with E-state index in [1.54, 1.807) is 0 Å². The van der Waals surface area contributed by atoms with Crippen molar-refractivity contribution in [1.82, 2.24) is 0 Å². The van der Waals surface area contributed by atoms with Crippen LogP contribution in [0, 0.1) is 18.8 Å². The van der Waals surface area contributed by atoms with Crippen LogP contribution in [0.1, 0.15) is 49.9 Å². The van der Waals surface area contributed by atoms with E-state index >= 15 is 0 Å². The lowest BCUT2D eigenvalue weighted by molar-refractivity contribution is 0.278. The molecule has 0 saturated heterocycles. The standard InChI is InChI=1S/C15H20O/c1-6-7-12-9-13(10-16)14(8-11(12)2)15(3,4)5/h8-9,16H,10H2,1-5H3. The summed E-state index contributed by atoms with van der Waals surface area (Å²) in [5, 5.41) is 9.42. The molecule has 0 aliphatic rings. The fourth-order valence-corrected chi connectivity index (χ4v) is 1.85. The van der Waals surface area contributed by atoms with Gasteiger partial charge >= 0.3 is 0 Å². The zero-order valence-electron chi connectivity index (χ0n) is 10.8. The van der Waals surface area contributed by atoms with Crippen molar-refractivity contribution in [2.45, 2.75) is 46.6 Å². The number of hydrogen-bond acceptors (Lipinski definition) is 1. The van der Waals surface area contributed by atoms with Crippen LogP contribution in [0.4, 0.5) is 0 Å². The molecule has 0 spiro atoms. The molecule has 1 aromatic rings. The van der Waals surface area contributed by atoms with Crippen LogP contribution in [0.15, 0.2) is 12.1 Å². The highest BCUT2D eigenvalue weighted by atomic mass is 16.3. The number of aryl methyl sites for hydroxylation is 1. The summed E-state index contributed by atoms with van der Waals surface area (Å²) < 4.78 is 0. The lowest BCUT2D eigenvalue weighted by Gasteiger charge is -2.23. The van der Waals surface area contributed by atoms with E-state index in [2.05, 4.69) is 45.6 Å². The Morgan fingerprint density at radius 2 is 1.88 bits per heavy atom. The molecule has 1 heteroatoms. The summed E-state index contributed by atoms with van der Waals surface area (Å²) >= 11 is 0. The SMILES string of the molecule is CC#Cc1cc(CO)c(C(C)(C)C)cc1C. The number of rotatable bonds is 1. The first-order valence-corrected chi connectivity index (χ1v) is 5.57. The second kappa shape index (κ2) is 4.72. The Kier molecular flexibility index (Phi) is 3.78. The summed E-state index contributed by atoms with van der Waals surface area (Å²) in [7, 11) is 0. The van der Waals surface area contributed by atoms with E-state index in [1.165, 1.54) is 11.1 Å². The van der Waals surface area contributed by atoms with Gasteiger partial charge in [-0.3, -0.25) is 0 Å². The van der Waals surface area contributed by atoms with Crippen molar-refractivity contribution in [3.8, 4) is 11.8 Å². The van der Waals surface area contributed by atoms with Gasteiger partial charge in [0, 0.05) is 5.56 Å². The van der Waals surface area contributed by atoms with Crippen molar-refractivity contribution in [3.63, 3.8) is 0 Å². The van der Waals surface area contributed by atoms with Crippen molar-refractivity contribution in [2.24, 2.45) is 0 Å². The number of hydrogen-bond donors (Lipinski definition) is 1. The van der Waals surface area contributed by atoms with Crippen LogP contribution in [-0.4, -0.2) is 5.11 Å². The lowest BCUT2D eigenvalue weighted by atomic mass is 9.82. The summed E-state index contributed by atoms with van der Waals surface area (Å²) in [5.74, 6) is 5.97. The average molecular weight is 216 g/mol. The minimum absolute atomic E-state index is 0.0565. The van der Waals surface area contributed by atoms with Gasteiger partial charge in [0.2, 0.25) is 0 Å². The fraction of sp³-hybridized carbons (Fsp3) is 0.467. The summed E-state index contributed by atoms with van der Waals surface area (Å²) in [5.41, 5.74) is 4.43. The third-order valence-electron chi connectivity index (χ3n) is 2.69. The van der Waals surface area contributed by atoms with Crippen LogP contribution < -0.4 is 0 Å². The molecule has 1 rings (SSSR count). The van der Waals surface area contributed by atoms with Gasteiger partial charge in [-0.2, -0.15) is 0 Å². The summed E-state index contributed by atoms with van der Waals surface area (Å²) in [6.07, 6.45) is 0. The Balaban J connectivity index is 3.42. The molecule has 0 heterocycles. The monoisotopic (exact) mass is 216 g/mol. The lowest BCUT2D eigenvalue weighted by Crippen LogP contribution is -2.15. The molecule has 1 N–H and O–H groups in total. The maximum Gasteiger partial charge on any atom is 0.0685 e. The number of aliphatic hydroxyl groups excluding tert-OH is 1. The summed E-state index contributed by atoms with van der Waals surface area (Å²) in [6, 6.07) is 4.15. The first-order chi connectivity index (χ1) is 7.40. The molecule has 0 aromatic heterocycles. The molecule has 1 aromatic carbocycles. The maximum atomic E-state index is 9.42. The normalized spacial score (nSPS) is 10.9. The van der Waals surface area contributed by atoms with E-state index in [4.69, 9.17) is 0 Å². The Bertz CT molecular complexity index is 439.